The summed E-state index contributed by atoms with van der Waals surface area (Å²) < 4.78 is 0. The average Bonchev–Trinajstić information content (AvgIpc) is 2.06. The highest BCUT2D eigenvalue weighted by molar-refractivity contribution is 6.18. The summed E-state index contributed by atoms with van der Waals surface area (Å²) in [6.45, 7) is 2.00. The zero-order chi connectivity index (χ0) is 8.81. The lowest BCUT2D eigenvalue weighted by Crippen LogP contribution is -1.94. The Labute approximate surface area is 78.1 Å². The van der Waals surface area contributed by atoms with E-state index in [0.29, 0.717) is 5.88 Å². The Hall–Kier alpha value is -0.950. The summed E-state index contributed by atoms with van der Waals surface area (Å²) in [6, 6.07) is 10.0. The van der Waals surface area contributed by atoms with E-state index in [4.69, 9.17) is 11.6 Å². The normalized spacial score (nSPS) is 11.3. The van der Waals surface area contributed by atoms with Gasteiger partial charge in [0.2, 0.25) is 0 Å². The molecular weight excluding hydrogens is 170 g/mol. The molecule has 0 aromatic heterocycles. The van der Waals surface area contributed by atoms with Gasteiger partial charge in [-0.05, 0) is 19.1 Å². The fraction of sp³-hybridized carbons (Fsp3) is 0.200. The molecule has 1 nitrogen and oxygen atoms in total. The molecule has 0 saturated heterocycles. The quantitative estimate of drug-likeness (QED) is 0.706. The molecule has 0 saturated carbocycles. The molecule has 64 valence electrons. The van der Waals surface area contributed by atoms with Crippen LogP contribution < -0.4 is 5.32 Å². The number of benzene rings is 1. The largest absolute Gasteiger partial charge is 0.359 e. The summed E-state index contributed by atoms with van der Waals surface area (Å²) in [4.78, 5) is 0. The number of halogens is 1. The van der Waals surface area contributed by atoms with Gasteiger partial charge in [-0.3, -0.25) is 0 Å². The highest BCUT2D eigenvalue weighted by Gasteiger charge is 1.88. The predicted octanol–water partition coefficient (Wildman–Crippen LogP) is 3.24. The third-order valence-corrected chi connectivity index (χ3v) is 1.65. The van der Waals surface area contributed by atoms with E-state index >= 15 is 0 Å². The number of hydrogen-bond acceptors (Lipinski definition) is 1. The molecule has 2 heteroatoms. The van der Waals surface area contributed by atoms with E-state index in [0.717, 1.165) is 11.4 Å². The zero-order valence-electron chi connectivity index (χ0n) is 7.05. The van der Waals surface area contributed by atoms with Crippen molar-refractivity contribution >= 4 is 17.3 Å². The van der Waals surface area contributed by atoms with Gasteiger partial charge in [0.15, 0.2) is 0 Å². The SMILES string of the molecule is C/C(=C\CCl)Nc1ccccc1. The second-order valence-corrected chi connectivity index (χ2v) is 2.84. The molecule has 0 spiro atoms. The van der Waals surface area contributed by atoms with Gasteiger partial charge in [0, 0.05) is 17.3 Å². The molecule has 0 fully saturated rings. The Balaban J connectivity index is 2.58. The van der Waals surface area contributed by atoms with Crippen LogP contribution >= 0.6 is 11.6 Å². The summed E-state index contributed by atoms with van der Waals surface area (Å²) in [7, 11) is 0. The van der Waals surface area contributed by atoms with Gasteiger partial charge in [-0.15, -0.1) is 11.6 Å². The second kappa shape index (κ2) is 4.83. The zero-order valence-corrected chi connectivity index (χ0v) is 7.81. The van der Waals surface area contributed by atoms with Crippen molar-refractivity contribution in [2.75, 3.05) is 11.2 Å². The monoisotopic (exact) mass is 181 g/mol. The minimum Gasteiger partial charge on any atom is -0.359 e. The fourth-order valence-electron chi connectivity index (χ4n) is 0.916. The van der Waals surface area contributed by atoms with E-state index in [1.54, 1.807) is 0 Å². The smallest absolute Gasteiger partial charge is 0.0423 e. The van der Waals surface area contributed by atoms with Crippen molar-refractivity contribution in [2.24, 2.45) is 0 Å². The first-order valence-electron chi connectivity index (χ1n) is 3.87. The summed E-state index contributed by atoms with van der Waals surface area (Å²) in [5.74, 6) is 0.547. The maximum Gasteiger partial charge on any atom is 0.0423 e. The molecule has 12 heavy (non-hydrogen) atoms. The van der Waals surface area contributed by atoms with Crippen molar-refractivity contribution in [3.05, 3.63) is 42.1 Å². The van der Waals surface area contributed by atoms with Crippen LogP contribution in [0.1, 0.15) is 6.92 Å². The van der Waals surface area contributed by atoms with Crippen LogP contribution in [0.3, 0.4) is 0 Å². The third-order valence-electron chi connectivity index (χ3n) is 1.50. The minimum atomic E-state index is 0.547. The van der Waals surface area contributed by atoms with Crippen LogP contribution in [0.2, 0.25) is 0 Å². The Bertz CT molecular complexity index is 254. The molecule has 0 aliphatic heterocycles. The summed E-state index contributed by atoms with van der Waals surface area (Å²) in [5, 5.41) is 3.22. The van der Waals surface area contributed by atoms with Crippen LogP contribution in [-0.2, 0) is 0 Å². The third kappa shape index (κ3) is 2.97. The standard InChI is InChI=1S/C10H12ClN/c1-9(7-8-11)12-10-5-3-2-4-6-10/h2-7,12H,8H2,1H3/b9-7+. The molecule has 0 atom stereocenters. The molecule has 1 aromatic rings. The van der Waals surface area contributed by atoms with Crippen molar-refractivity contribution in [2.45, 2.75) is 6.92 Å². The molecule has 0 bridgehead atoms. The van der Waals surface area contributed by atoms with Crippen LogP contribution in [-0.4, -0.2) is 5.88 Å². The number of para-hydroxylation sites is 1. The van der Waals surface area contributed by atoms with Crippen LogP contribution in [0, 0.1) is 0 Å². The second-order valence-electron chi connectivity index (χ2n) is 2.53. The van der Waals surface area contributed by atoms with Gasteiger partial charge in [0.1, 0.15) is 0 Å². The molecule has 0 aliphatic carbocycles. The number of anilines is 1. The van der Waals surface area contributed by atoms with E-state index in [1.807, 2.05) is 43.3 Å². The number of hydrogen-bond donors (Lipinski definition) is 1. The van der Waals surface area contributed by atoms with Gasteiger partial charge >= 0.3 is 0 Å². The van der Waals surface area contributed by atoms with E-state index < -0.39 is 0 Å². The lowest BCUT2D eigenvalue weighted by molar-refractivity contribution is 1.35. The number of rotatable bonds is 3. The molecular formula is C10H12ClN. The van der Waals surface area contributed by atoms with Gasteiger partial charge in [-0.1, -0.05) is 24.3 Å². The number of nitrogens with one attached hydrogen (secondary N) is 1. The van der Waals surface area contributed by atoms with Crippen molar-refractivity contribution in [1.82, 2.24) is 0 Å². The van der Waals surface area contributed by atoms with Gasteiger partial charge in [-0.25, -0.2) is 0 Å². The Morgan fingerprint density at radius 3 is 2.67 bits per heavy atom. The minimum absolute atomic E-state index is 0.547. The maximum atomic E-state index is 5.55. The van der Waals surface area contributed by atoms with Crippen LogP contribution in [0.5, 0.6) is 0 Å². The maximum absolute atomic E-state index is 5.55. The molecule has 0 radical (unpaired) electrons. The van der Waals surface area contributed by atoms with Crippen LogP contribution in [0.4, 0.5) is 5.69 Å². The molecule has 1 N–H and O–H groups in total. The number of allylic oxidation sites excluding steroid dienone is 2. The first-order valence-corrected chi connectivity index (χ1v) is 4.41. The highest BCUT2D eigenvalue weighted by atomic mass is 35.5. The van der Waals surface area contributed by atoms with E-state index in [-0.39, 0.29) is 0 Å². The Morgan fingerprint density at radius 1 is 1.42 bits per heavy atom. The van der Waals surface area contributed by atoms with E-state index in [2.05, 4.69) is 5.32 Å². The van der Waals surface area contributed by atoms with Crippen molar-refractivity contribution in [1.29, 1.82) is 0 Å². The predicted molar refractivity (Wildman–Crippen MR) is 54.5 cm³/mol. The van der Waals surface area contributed by atoms with Gasteiger partial charge < -0.3 is 5.32 Å². The van der Waals surface area contributed by atoms with Crippen molar-refractivity contribution in [3.8, 4) is 0 Å². The molecule has 0 amide bonds. The summed E-state index contributed by atoms with van der Waals surface area (Å²) in [5.41, 5.74) is 2.17. The van der Waals surface area contributed by atoms with E-state index in [9.17, 15) is 0 Å². The Morgan fingerprint density at radius 2 is 2.08 bits per heavy atom. The molecule has 0 unspecified atom stereocenters. The van der Waals surface area contributed by atoms with Crippen LogP contribution in [0.15, 0.2) is 42.1 Å². The lowest BCUT2D eigenvalue weighted by atomic mass is 10.3. The summed E-state index contributed by atoms with van der Waals surface area (Å²) >= 11 is 5.55. The summed E-state index contributed by atoms with van der Waals surface area (Å²) in [6.07, 6.45) is 1.94. The molecule has 0 heterocycles. The van der Waals surface area contributed by atoms with Gasteiger partial charge in [0.25, 0.3) is 0 Å². The van der Waals surface area contributed by atoms with Gasteiger partial charge in [0.05, 0.1) is 0 Å². The molecule has 1 rings (SSSR count). The van der Waals surface area contributed by atoms with Crippen molar-refractivity contribution in [3.63, 3.8) is 0 Å². The fourth-order valence-corrected chi connectivity index (χ4v) is 1.15. The molecule has 1 aromatic carbocycles. The van der Waals surface area contributed by atoms with Crippen LogP contribution in [0.25, 0.3) is 0 Å². The molecule has 0 aliphatic rings. The van der Waals surface area contributed by atoms with Crippen molar-refractivity contribution < 1.29 is 0 Å². The Kier molecular flexibility index (Phi) is 3.68. The topological polar surface area (TPSA) is 12.0 Å². The number of alkyl halides is 1. The first kappa shape index (κ1) is 9.14. The van der Waals surface area contributed by atoms with E-state index in [1.165, 1.54) is 0 Å². The first-order chi connectivity index (χ1) is 5.83. The average molecular weight is 182 g/mol. The highest BCUT2D eigenvalue weighted by Crippen LogP contribution is 2.08. The lowest BCUT2D eigenvalue weighted by Gasteiger charge is -2.04. The van der Waals surface area contributed by atoms with Gasteiger partial charge in [-0.2, -0.15) is 0 Å².